The first-order chi connectivity index (χ1) is 13.1. The zero-order valence-electron chi connectivity index (χ0n) is 17.9. The fourth-order valence-corrected chi connectivity index (χ4v) is 3.21. The molecule has 2 aromatic rings. The number of halogens is 2. The Kier molecular flexibility index (Phi) is 7.58. The van der Waals surface area contributed by atoms with E-state index < -0.39 is 5.92 Å². The number of aromatic nitrogens is 2. The van der Waals surface area contributed by atoms with Gasteiger partial charge in [0.25, 0.3) is 5.92 Å². The monoisotopic (exact) mass is 393 g/mol. The van der Waals surface area contributed by atoms with E-state index in [2.05, 4.69) is 29.1 Å². The highest BCUT2D eigenvalue weighted by atomic mass is 19.3. The van der Waals surface area contributed by atoms with Crippen LogP contribution in [0.3, 0.4) is 0 Å². The van der Waals surface area contributed by atoms with Crippen LogP contribution in [0.4, 0.5) is 8.78 Å². The summed E-state index contributed by atoms with van der Waals surface area (Å²) in [6.07, 6.45) is 4.03. The van der Waals surface area contributed by atoms with Crippen molar-refractivity contribution in [2.24, 2.45) is 5.92 Å². The number of nitrogens with one attached hydrogen (secondary N) is 1. The largest absolute Gasteiger partial charge is 0.493 e. The van der Waals surface area contributed by atoms with E-state index in [0.717, 1.165) is 37.6 Å². The van der Waals surface area contributed by atoms with Gasteiger partial charge in [-0.05, 0) is 50.6 Å². The lowest BCUT2D eigenvalue weighted by Gasteiger charge is -2.21. The molecule has 0 saturated carbocycles. The zero-order chi connectivity index (χ0) is 20.9. The van der Waals surface area contributed by atoms with Crippen LogP contribution >= 0.6 is 0 Å². The van der Waals surface area contributed by atoms with Crippen molar-refractivity contribution in [1.29, 1.82) is 0 Å². The standard InChI is InChI=1S/C22H33F2N3O/c1-7-8-9-27(6)13-17-12-25-26-21(17)19-10-18(28-14-15(2)3)11-20(16(19)4)22(5,23)24/h10-12,15H,7-9,13-14H2,1-6H3,(H,25,26). The molecule has 156 valence electrons. The van der Waals surface area contributed by atoms with E-state index in [-0.39, 0.29) is 5.56 Å². The molecule has 0 radical (unpaired) electrons. The van der Waals surface area contributed by atoms with E-state index in [4.69, 9.17) is 4.74 Å². The van der Waals surface area contributed by atoms with Gasteiger partial charge in [0.05, 0.1) is 18.5 Å². The van der Waals surface area contributed by atoms with E-state index in [1.807, 2.05) is 19.9 Å². The maximum atomic E-state index is 14.3. The Hall–Kier alpha value is -1.95. The molecule has 1 N–H and O–H groups in total. The molecule has 0 aliphatic rings. The molecule has 0 aliphatic carbocycles. The van der Waals surface area contributed by atoms with Crippen molar-refractivity contribution < 1.29 is 13.5 Å². The van der Waals surface area contributed by atoms with Crippen molar-refractivity contribution in [2.75, 3.05) is 20.2 Å². The number of aromatic amines is 1. The third kappa shape index (κ3) is 5.77. The molecular formula is C22H33F2N3O. The third-order valence-corrected chi connectivity index (χ3v) is 4.76. The van der Waals surface area contributed by atoms with Crippen LogP contribution in [0.15, 0.2) is 18.3 Å². The molecule has 1 aromatic heterocycles. The Morgan fingerprint density at radius 1 is 1.29 bits per heavy atom. The highest BCUT2D eigenvalue weighted by Crippen LogP contribution is 2.38. The van der Waals surface area contributed by atoms with E-state index in [0.29, 0.717) is 35.9 Å². The van der Waals surface area contributed by atoms with Gasteiger partial charge in [0, 0.05) is 30.2 Å². The first-order valence-corrected chi connectivity index (χ1v) is 10.00. The summed E-state index contributed by atoms with van der Waals surface area (Å²) in [4.78, 5) is 2.22. The number of ether oxygens (including phenoxy) is 1. The molecular weight excluding hydrogens is 360 g/mol. The molecule has 0 atom stereocenters. The minimum absolute atomic E-state index is 0.0105. The molecule has 0 spiro atoms. The van der Waals surface area contributed by atoms with Gasteiger partial charge in [0.2, 0.25) is 0 Å². The first kappa shape index (κ1) is 22.3. The minimum atomic E-state index is -2.95. The molecule has 0 unspecified atom stereocenters. The molecule has 1 aromatic carbocycles. The van der Waals surface area contributed by atoms with Crippen LogP contribution in [0.2, 0.25) is 0 Å². The van der Waals surface area contributed by atoms with Crippen LogP contribution in [0, 0.1) is 12.8 Å². The van der Waals surface area contributed by atoms with Gasteiger partial charge in [-0.1, -0.05) is 27.2 Å². The predicted octanol–water partition coefficient (Wildman–Crippen LogP) is 5.76. The summed E-state index contributed by atoms with van der Waals surface area (Å²) in [6.45, 7) is 11.1. The van der Waals surface area contributed by atoms with Gasteiger partial charge in [-0.25, -0.2) is 8.78 Å². The Morgan fingerprint density at radius 2 is 2.00 bits per heavy atom. The number of alkyl halides is 2. The number of hydrogen-bond donors (Lipinski definition) is 1. The van der Waals surface area contributed by atoms with E-state index in [1.54, 1.807) is 13.1 Å². The molecule has 2 rings (SSSR count). The lowest BCUT2D eigenvalue weighted by Crippen LogP contribution is -2.19. The van der Waals surface area contributed by atoms with Crippen molar-refractivity contribution in [3.63, 3.8) is 0 Å². The van der Waals surface area contributed by atoms with Crippen LogP contribution in [0.25, 0.3) is 11.3 Å². The average molecular weight is 394 g/mol. The maximum Gasteiger partial charge on any atom is 0.270 e. The average Bonchev–Trinajstić information content (AvgIpc) is 3.05. The zero-order valence-corrected chi connectivity index (χ0v) is 17.9. The first-order valence-electron chi connectivity index (χ1n) is 10.00. The normalized spacial score (nSPS) is 12.2. The van der Waals surface area contributed by atoms with Gasteiger partial charge in [-0.2, -0.15) is 5.10 Å². The van der Waals surface area contributed by atoms with Crippen molar-refractivity contribution in [1.82, 2.24) is 15.1 Å². The predicted molar refractivity (Wildman–Crippen MR) is 110 cm³/mol. The molecule has 4 nitrogen and oxygen atoms in total. The van der Waals surface area contributed by atoms with Gasteiger partial charge in [-0.3, -0.25) is 5.10 Å². The minimum Gasteiger partial charge on any atom is -0.493 e. The summed E-state index contributed by atoms with van der Waals surface area (Å²) in [5, 5.41) is 7.21. The van der Waals surface area contributed by atoms with Gasteiger partial charge in [-0.15, -0.1) is 0 Å². The van der Waals surface area contributed by atoms with Gasteiger partial charge >= 0.3 is 0 Å². The van der Waals surface area contributed by atoms with Crippen LogP contribution < -0.4 is 4.74 Å². The van der Waals surface area contributed by atoms with E-state index >= 15 is 0 Å². The van der Waals surface area contributed by atoms with Gasteiger partial charge < -0.3 is 9.64 Å². The Labute approximate surface area is 167 Å². The molecule has 6 heteroatoms. The Morgan fingerprint density at radius 3 is 2.61 bits per heavy atom. The molecule has 0 amide bonds. The Bertz CT molecular complexity index is 766. The number of rotatable bonds is 10. The molecule has 0 saturated heterocycles. The van der Waals surface area contributed by atoms with Gasteiger partial charge in [0.15, 0.2) is 0 Å². The van der Waals surface area contributed by atoms with Crippen molar-refractivity contribution in [3.8, 4) is 17.0 Å². The van der Waals surface area contributed by atoms with E-state index in [1.165, 1.54) is 6.07 Å². The number of H-pyrrole nitrogens is 1. The van der Waals surface area contributed by atoms with Crippen LogP contribution in [0.5, 0.6) is 5.75 Å². The van der Waals surface area contributed by atoms with Crippen LogP contribution in [-0.4, -0.2) is 35.3 Å². The third-order valence-electron chi connectivity index (χ3n) is 4.76. The highest BCUT2D eigenvalue weighted by molar-refractivity contribution is 5.70. The summed E-state index contributed by atoms with van der Waals surface area (Å²) in [5.74, 6) is -2.18. The quantitative estimate of drug-likeness (QED) is 0.558. The number of hydrogen-bond acceptors (Lipinski definition) is 3. The number of benzene rings is 1. The fourth-order valence-electron chi connectivity index (χ4n) is 3.21. The van der Waals surface area contributed by atoms with Crippen molar-refractivity contribution in [3.05, 3.63) is 35.0 Å². The lowest BCUT2D eigenvalue weighted by atomic mass is 9.94. The molecule has 0 aliphatic heterocycles. The molecule has 0 fully saturated rings. The van der Waals surface area contributed by atoms with Crippen LogP contribution in [0.1, 0.15) is 57.2 Å². The molecule has 0 bridgehead atoms. The van der Waals surface area contributed by atoms with Crippen LogP contribution in [-0.2, 0) is 12.5 Å². The van der Waals surface area contributed by atoms with E-state index in [9.17, 15) is 8.78 Å². The fraction of sp³-hybridized carbons (Fsp3) is 0.591. The summed E-state index contributed by atoms with van der Waals surface area (Å²) >= 11 is 0. The SMILES string of the molecule is CCCCN(C)Cc1cn[nH]c1-c1cc(OCC(C)C)cc(C(C)(F)F)c1C. The number of unbranched alkanes of at least 4 members (excludes halogenated alkanes) is 1. The lowest BCUT2D eigenvalue weighted by molar-refractivity contribution is 0.0166. The molecule has 28 heavy (non-hydrogen) atoms. The maximum absolute atomic E-state index is 14.3. The second-order valence-electron chi connectivity index (χ2n) is 8.10. The second-order valence-corrected chi connectivity index (χ2v) is 8.10. The van der Waals surface area contributed by atoms with Gasteiger partial charge in [0.1, 0.15) is 5.75 Å². The second kappa shape index (κ2) is 9.50. The topological polar surface area (TPSA) is 41.2 Å². The number of nitrogens with zero attached hydrogens (tertiary/aromatic N) is 2. The van der Waals surface area contributed by atoms with Crippen molar-refractivity contribution >= 4 is 0 Å². The summed E-state index contributed by atoms with van der Waals surface area (Å²) < 4.78 is 34.3. The summed E-state index contributed by atoms with van der Waals surface area (Å²) in [7, 11) is 2.06. The summed E-state index contributed by atoms with van der Waals surface area (Å²) in [6, 6.07) is 3.31. The van der Waals surface area contributed by atoms with Crippen molar-refractivity contribution in [2.45, 2.75) is 59.9 Å². The smallest absolute Gasteiger partial charge is 0.270 e. The summed E-state index contributed by atoms with van der Waals surface area (Å²) in [5.41, 5.74) is 3.03. The highest BCUT2D eigenvalue weighted by Gasteiger charge is 2.29. The molecule has 1 heterocycles. The Balaban J connectivity index is 2.44.